The quantitative estimate of drug-likeness (QED) is 0.640. The zero-order chi connectivity index (χ0) is 9.84. The summed E-state index contributed by atoms with van der Waals surface area (Å²) in [7, 11) is 6.16. The Bertz CT molecular complexity index is 221. The molecule has 0 aromatic carbocycles. The molecular weight excluding hydrogens is 164 g/mol. The molecule has 0 aromatic rings. The molecule has 0 saturated heterocycles. The summed E-state index contributed by atoms with van der Waals surface area (Å²) in [6.07, 6.45) is 3.39. The highest BCUT2D eigenvalue weighted by Crippen LogP contribution is 2.17. The number of nitrogens with zero attached hydrogens (tertiary/aromatic N) is 2. The summed E-state index contributed by atoms with van der Waals surface area (Å²) in [6.45, 7) is 2.02. The SMILES string of the molecule is CN(C)CCN(C)C1=CC(=O)CC1. The highest BCUT2D eigenvalue weighted by molar-refractivity contribution is 5.92. The molecule has 0 unspecified atom stereocenters. The second-order valence-corrected chi connectivity index (χ2v) is 3.83. The van der Waals surface area contributed by atoms with Gasteiger partial charge in [0, 0.05) is 38.3 Å². The Labute approximate surface area is 80.0 Å². The van der Waals surface area contributed by atoms with Crippen molar-refractivity contribution in [2.45, 2.75) is 12.8 Å². The minimum atomic E-state index is 0.270. The lowest BCUT2D eigenvalue weighted by atomic mass is 10.3. The van der Waals surface area contributed by atoms with Gasteiger partial charge in [-0.2, -0.15) is 0 Å². The fourth-order valence-electron chi connectivity index (χ4n) is 1.38. The van der Waals surface area contributed by atoms with E-state index >= 15 is 0 Å². The number of allylic oxidation sites excluding steroid dienone is 2. The summed E-state index contributed by atoms with van der Waals surface area (Å²) in [5.74, 6) is 0.270. The lowest BCUT2D eigenvalue weighted by Crippen LogP contribution is -2.27. The number of carbonyl (C=O) groups excluding carboxylic acids is 1. The molecule has 1 aliphatic carbocycles. The summed E-state index contributed by atoms with van der Waals surface area (Å²) in [5, 5.41) is 0. The van der Waals surface area contributed by atoms with Crippen molar-refractivity contribution < 1.29 is 4.79 Å². The van der Waals surface area contributed by atoms with Gasteiger partial charge in [-0.15, -0.1) is 0 Å². The normalized spacial score (nSPS) is 16.6. The van der Waals surface area contributed by atoms with Gasteiger partial charge in [0.25, 0.3) is 0 Å². The topological polar surface area (TPSA) is 23.6 Å². The summed E-state index contributed by atoms with van der Waals surface area (Å²) in [4.78, 5) is 15.3. The summed E-state index contributed by atoms with van der Waals surface area (Å²) < 4.78 is 0. The molecular formula is C10H18N2O. The van der Waals surface area contributed by atoms with Crippen molar-refractivity contribution in [2.75, 3.05) is 34.2 Å². The molecule has 0 N–H and O–H groups in total. The van der Waals surface area contributed by atoms with E-state index in [2.05, 4.69) is 23.9 Å². The van der Waals surface area contributed by atoms with E-state index in [0.29, 0.717) is 6.42 Å². The number of hydrogen-bond donors (Lipinski definition) is 0. The van der Waals surface area contributed by atoms with Crippen molar-refractivity contribution in [1.29, 1.82) is 0 Å². The van der Waals surface area contributed by atoms with Gasteiger partial charge in [0.2, 0.25) is 0 Å². The first-order chi connectivity index (χ1) is 6.09. The van der Waals surface area contributed by atoms with Gasteiger partial charge in [0.15, 0.2) is 5.78 Å². The molecule has 3 heteroatoms. The molecule has 0 saturated carbocycles. The van der Waals surface area contributed by atoms with Gasteiger partial charge in [0.05, 0.1) is 0 Å². The van der Waals surface area contributed by atoms with Crippen LogP contribution in [0.25, 0.3) is 0 Å². The third kappa shape index (κ3) is 3.19. The number of ketones is 1. The van der Waals surface area contributed by atoms with Crippen LogP contribution >= 0.6 is 0 Å². The number of carbonyl (C=O) groups is 1. The predicted octanol–water partition coefficient (Wildman–Crippen LogP) is 0.727. The smallest absolute Gasteiger partial charge is 0.157 e. The van der Waals surface area contributed by atoms with Crippen molar-refractivity contribution in [3.8, 4) is 0 Å². The monoisotopic (exact) mass is 182 g/mol. The molecule has 0 radical (unpaired) electrons. The zero-order valence-corrected chi connectivity index (χ0v) is 8.71. The van der Waals surface area contributed by atoms with Gasteiger partial charge in [-0.05, 0) is 20.5 Å². The molecule has 3 nitrogen and oxygen atoms in total. The molecule has 74 valence electrons. The van der Waals surface area contributed by atoms with E-state index in [1.807, 2.05) is 7.05 Å². The largest absolute Gasteiger partial charge is 0.376 e. The van der Waals surface area contributed by atoms with Crippen LogP contribution < -0.4 is 0 Å². The fourth-order valence-corrected chi connectivity index (χ4v) is 1.38. The second kappa shape index (κ2) is 4.42. The lowest BCUT2D eigenvalue weighted by molar-refractivity contribution is -0.114. The van der Waals surface area contributed by atoms with Crippen LogP contribution in [0.2, 0.25) is 0 Å². The van der Waals surface area contributed by atoms with Crippen molar-refractivity contribution >= 4 is 5.78 Å². The Hall–Kier alpha value is -0.830. The van der Waals surface area contributed by atoms with Crippen LogP contribution in [0.15, 0.2) is 11.8 Å². The van der Waals surface area contributed by atoms with E-state index in [4.69, 9.17) is 0 Å². The Morgan fingerprint density at radius 3 is 2.38 bits per heavy atom. The van der Waals surface area contributed by atoms with Crippen LogP contribution in [-0.2, 0) is 4.79 Å². The van der Waals surface area contributed by atoms with Crippen LogP contribution in [0.1, 0.15) is 12.8 Å². The van der Waals surface area contributed by atoms with Crippen LogP contribution in [0.3, 0.4) is 0 Å². The van der Waals surface area contributed by atoms with E-state index in [9.17, 15) is 4.79 Å². The van der Waals surface area contributed by atoms with E-state index in [1.165, 1.54) is 5.70 Å². The lowest BCUT2D eigenvalue weighted by Gasteiger charge is -2.22. The maximum atomic E-state index is 11.0. The fraction of sp³-hybridized carbons (Fsp3) is 0.700. The minimum absolute atomic E-state index is 0.270. The van der Waals surface area contributed by atoms with Crippen molar-refractivity contribution in [3.05, 3.63) is 11.8 Å². The Balaban J connectivity index is 2.35. The number of likely N-dealkylation sites (N-methyl/N-ethyl adjacent to an activating group) is 2. The highest BCUT2D eigenvalue weighted by atomic mass is 16.1. The molecule has 0 fully saturated rings. The first-order valence-corrected chi connectivity index (χ1v) is 4.69. The van der Waals surface area contributed by atoms with E-state index in [1.54, 1.807) is 6.08 Å². The molecule has 0 aliphatic heterocycles. The predicted molar refractivity (Wildman–Crippen MR) is 53.5 cm³/mol. The van der Waals surface area contributed by atoms with Crippen LogP contribution in [0.4, 0.5) is 0 Å². The molecule has 0 amide bonds. The number of rotatable bonds is 4. The van der Waals surface area contributed by atoms with Crippen LogP contribution in [0.5, 0.6) is 0 Å². The standard InChI is InChI=1S/C10H18N2O/c1-11(2)6-7-12(3)9-4-5-10(13)8-9/h8H,4-7H2,1-3H3. The van der Waals surface area contributed by atoms with Gasteiger partial charge in [-0.25, -0.2) is 0 Å². The highest BCUT2D eigenvalue weighted by Gasteiger charge is 2.14. The van der Waals surface area contributed by atoms with Gasteiger partial charge in [-0.1, -0.05) is 0 Å². The van der Waals surface area contributed by atoms with Crippen molar-refractivity contribution in [3.63, 3.8) is 0 Å². The Kier molecular flexibility index (Phi) is 3.48. The van der Waals surface area contributed by atoms with Crippen LogP contribution in [0, 0.1) is 0 Å². The Morgan fingerprint density at radius 2 is 1.92 bits per heavy atom. The molecule has 0 heterocycles. The van der Waals surface area contributed by atoms with E-state index < -0.39 is 0 Å². The molecule has 0 spiro atoms. The van der Waals surface area contributed by atoms with E-state index in [-0.39, 0.29) is 5.78 Å². The first-order valence-electron chi connectivity index (χ1n) is 4.69. The van der Waals surface area contributed by atoms with Gasteiger partial charge < -0.3 is 9.80 Å². The average Bonchev–Trinajstić information content (AvgIpc) is 2.47. The van der Waals surface area contributed by atoms with Crippen molar-refractivity contribution in [1.82, 2.24) is 9.80 Å². The zero-order valence-electron chi connectivity index (χ0n) is 8.71. The van der Waals surface area contributed by atoms with Gasteiger partial charge in [0.1, 0.15) is 0 Å². The maximum absolute atomic E-state index is 11.0. The molecule has 1 aliphatic rings. The first kappa shape index (κ1) is 10.3. The molecule has 0 aromatic heterocycles. The molecule has 1 rings (SSSR count). The third-order valence-corrected chi connectivity index (χ3v) is 2.33. The summed E-state index contributed by atoms with van der Waals surface area (Å²) in [6, 6.07) is 0. The maximum Gasteiger partial charge on any atom is 0.157 e. The molecule has 0 atom stereocenters. The average molecular weight is 182 g/mol. The second-order valence-electron chi connectivity index (χ2n) is 3.83. The molecule has 13 heavy (non-hydrogen) atoms. The minimum Gasteiger partial charge on any atom is -0.376 e. The third-order valence-electron chi connectivity index (χ3n) is 2.33. The van der Waals surface area contributed by atoms with Crippen LogP contribution in [-0.4, -0.2) is 49.8 Å². The number of hydrogen-bond acceptors (Lipinski definition) is 3. The van der Waals surface area contributed by atoms with Crippen molar-refractivity contribution in [2.24, 2.45) is 0 Å². The molecule has 0 bridgehead atoms. The Morgan fingerprint density at radius 1 is 1.23 bits per heavy atom. The summed E-state index contributed by atoms with van der Waals surface area (Å²) in [5.41, 5.74) is 1.19. The van der Waals surface area contributed by atoms with Gasteiger partial charge in [-0.3, -0.25) is 4.79 Å². The van der Waals surface area contributed by atoms with E-state index in [0.717, 1.165) is 19.5 Å². The van der Waals surface area contributed by atoms with Gasteiger partial charge >= 0.3 is 0 Å². The summed E-state index contributed by atoms with van der Waals surface area (Å²) >= 11 is 0.